The lowest BCUT2D eigenvalue weighted by molar-refractivity contribution is 0.0373. The minimum Gasteiger partial charge on any atom is -0.374 e. The van der Waals surface area contributed by atoms with Crippen molar-refractivity contribution in [3.63, 3.8) is 0 Å². The van der Waals surface area contributed by atoms with Crippen molar-refractivity contribution < 1.29 is 4.74 Å². The molecule has 1 aromatic rings. The van der Waals surface area contributed by atoms with E-state index in [1.165, 1.54) is 0 Å². The molecule has 0 bridgehead atoms. The van der Waals surface area contributed by atoms with Gasteiger partial charge in [-0.15, -0.1) is 11.3 Å². The van der Waals surface area contributed by atoms with Crippen LogP contribution in [0, 0.1) is 0 Å². The van der Waals surface area contributed by atoms with Gasteiger partial charge in [0, 0.05) is 19.6 Å². The molecule has 5 heteroatoms. The highest BCUT2D eigenvalue weighted by molar-refractivity contribution is 7.19. The summed E-state index contributed by atoms with van der Waals surface area (Å²) in [6.07, 6.45) is 0.268. The van der Waals surface area contributed by atoms with E-state index in [9.17, 15) is 0 Å². The first kappa shape index (κ1) is 10.2. The summed E-state index contributed by atoms with van der Waals surface area (Å²) >= 11 is 7.37. The van der Waals surface area contributed by atoms with Gasteiger partial charge in [-0.1, -0.05) is 11.6 Å². The molecule has 0 radical (unpaired) electrons. The van der Waals surface area contributed by atoms with Crippen molar-refractivity contribution in [2.45, 2.75) is 6.10 Å². The lowest BCUT2D eigenvalue weighted by Gasteiger charge is -2.23. The predicted molar refractivity (Wildman–Crippen MR) is 60.4 cm³/mol. The first-order valence-corrected chi connectivity index (χ1v) is 5.85. The Morgan fingerprint density at radius 2 is 2.57 bits per heavy atom. The highest BCUT2D eigenvalue weighted by Crippen LogP contribution is 2.25. The van der Waals surface area contributed by atoms with Crippen LogP contribution in [-0.4, -0.2) is 32.3 Å². The summed E-state index contributed by atoms with van der Waals surface area (Å²) in [5, 5.41) is 7.69. The quantitative estimate of drug-likeness (QED) is 0.834. The molecule has 2 heterocycles. The van der Waals surface area contributed by atoms with E-state index in [4.69, 9.17) is 16.3 Å². The molecule has 0 spiro atoms. The summed E-state index contributed by atoms with van der Waals surface area (Å²) in [7, 11) is 0. The van der Waals surface area contributed by atoms with Gasteiger partial charge < -0.3 is 15.4 Å². The van der Waals surface area contributed by atoms with Crippen LogP contribution in [0.25, 0.3) is 0 Å². The molecule has 14 heavy (non-hydrogen) atoms. The van der Waals surface area contributed by atoms with E-state index < -0.39 is 0 Å². The fourth-order valence-corrected chi connectivity index (χ4v) is 2.32. The molecular formula is C9H13ClN2OS. The van der Waals surface area contributed by atoms with Crippen LogP contribution in [0.1, 0.15) is 0 Å². The van der Waals surface area contributed by atoms with Crippen LogP contribution in [0.15, 0.2) is 12.1 Å². The van der Waals surface area contributed by atoms with Crippen molar-refractivity contribution in [3.8, 4) is 0 Å². The first-order valence-electron chi connectivity index (χ1n) is 4.66. The van der Waals surface area contributed by atoms with E-state index in [1.54, 1.807) is 11.3 Å². The number of morpholine rings is 1. The Hall–Kier alpha value is -0.290. The highest BCUT2D eigenvalue weighted by Gasteiger charge is 2.12. The maximum absolute atomic E-state index is 5.82. The van der Waals surface area contributed by atoms with Crippen LogP contribution in [0.5, 0.6) is 0 Å². The largest absolute Gasteiger partial charge is 0.374 e. The van der Waals surface area contributed by atoms with Gasteiger partial charge in [0.2, 0.25) is 0 Å². The lowest BCUT2D eigenvalue weighted by atomic mass is 10.3. The smallest absolute Gasteiger partial charge is 0.0950 e. The average molecular weight is 233 g/mol. The summed E-state index contributed by atoms with van der Waals surface area (Å²) < 4.78 is 6.37. The van der Waals surface area contributed by atoms with E-state index in [0.717, 1.165) is 35.6 Å². The van der Waals surface area contributed by atoms with Gasteiger partial charge in [-0.3, -0.25) is 0 Å². The summed E-state index contributed by atoms with van der Waals surface area (Å²) in [5.41, 5.74) is 0. The molecule has 1 aliphatic heterocycles. The molecule has 0 aliphatic carbocycles. The Labute approximate surface area is 92.4 Å². The van der Waals surface area contributed by atoms with Crippen LogP contribution in [0.3, 0.4) is 0 Å². The van der Waals surface area contributed by atoms with Gasteiger partial charge in [0.25, 0.3) is 0 Å². The topological polar surface area (TPSA) is 33.3 Å². The Bertz CT molecular complexity index is 286. The molecule has 1 aliphatic rings. The van der Waals surface area contributed by atoms with E-state index >= 15 is 0 Å². The SMILES string of the molecule is Clc1ccc(NCC2CNCCO2)s1. The van der Waals surface area contributed by atoms with Crippen LogP contribution in [0.4, 0.5) is 5.00 Å². The fraction of sp³-hybridized carbons (Fsp3) is 0.556. The highest BCUT2D eigenvalue weighted by atomic mass is 35.5. The van der Waals surface area contributed by atoms with Crippen molar-refractivity contribution in [3.05, 3.63) is 16.5 Å². The number of ether oxygens (including phenoxy) is 1. The van der Waals surface area contributed by atoms with E-state index in [1.807, 2.05) is 12.1 Å². The zero-order chi connectivity index (χ0) is 9.80. The first-order chi connectivity index (χ1) is 6.84. The molecule has 0 saturated carbocycles. The standard InChI is InChI=1S/C9H13ClN2OS/c10-8-1-2-9(14-8)12-6-7-5-11-3-4-13-7/h1-2,7,11-12H,3-6H2. The maximum Gasteiger partial charge on any atom is 0.0950 e. The molecule has 1 fully saturated rings. The molecule has 2 rings (SSSR count). The molecule has 0 amide bonds. The number of thiophene rings is 1. The summed E-state index contributed by atoms with van der Waals surface area (Å²) in [4.78, 5) is 0. The number of hydrogen-bond acceptors (Lipinski definition) is 4. The zero-order valence-electron chi connectivity index (χ0n) is 7.75. The monoisotopic (exact) mass is 232 g/mol. The zero-order valence-corrected chi connectivity index (χ0v) is 9.33. The Morgan fingerprint density at radius 3 is 3.21 bits per heavy atom. The maximum atomic E-state index is 5.82. The normalized spacial score (nSPS) is 22.2. The minimum absolute atomic E-state index is 0.268. The van der Waals surface area contributed by atoms with Gasteiger partial charge in [-0.05, 0) is 12.1 Å². The van der Waals surface area contributed by atoms with E-state index in [2.05, 4.69) is 10.6 Å². The van der Waals surface area contributed by atoms with Crippen LogP contribution >= 0.6 is 22.9 Å². The van der Waals surface area contributed by atoms with Crippen molar-refractivity contribution >= 4 is 27.9 Å². The number of rotatable bonds is 3. The average Bonchev–Trinajstić information content (AvgIpc) is 2.63. The van der Waals surface area contributed by atoms with Gasteiger partial charge in [0.15, 0.2) is 0 Å². The van der Waals surface area contributed by atoms with Crippen molar-refractivity contribution in [1.29, 1.82) is 0 Å². The van der Waals surface area contributed by atoms with Crippen molar-refractivity contribution in [2.24, 2.45) is 0 Å². The molecule has 2 N–H and O–H groups in total. The number of anilines is 1. The van der Waals surface area contributed by atoms with E-state index in [0.29, 0.717) is 0 Å². The number of halogens is 1. The lowest BCUT2D eigenvalue weighted by Crippen LogP contribution is -2.42. The Kier molecular flexibility index (Phi) is 3.64. The molecule has 78 valence electrons. The number of nitrogens with one attached hydrogen (secondary N) is 2. The molecule has 1 atom stereocenters. The Balaban J connectivity index is 1.76. The van der Waals surface area contributed by atoms with Gasteiger partial charge in [-0.2, -0.15) is 0 Å². The minimum atomic E-state index is 0.268. The van der Waals surface area contributed by atoms with Crippen LogP contribution in [0.2, 0.25) is 4.34 Å². The molecule has 1 saturated heterocycles. The second-order valence-corrected chi connectivity index (χ2v) is 4.90. The summed E-state index contributed by atoms with van der Waals surface area (Å²) in [6.45, 7) is 3.52. The van der Waals surface area contributed by atoms with Gasteiger partial charge in [0.05, 0.1) is 22.0 Å². The Morgan fingerprint density at radius 1 is 1.64 bits per heavy atom. The predicted octanol–water partition coefficient (Wildman–Crippen LogP) is 1.80. The molecule has 3 nitrogen and oxygen atoms in total. The third kappa shape index (κ3) is 2.85. The van der Waals surface area contributed by atoms with Crippen molar-refractivity contribution in [1.82, 2.24) is 5.32 Å². The summed E-state index contributed by atoms with van der Waals surface area (Å²) in [6, 6.07) is 3.89. The van der Waals surface area contributed by atoms with E-state index in [-0.39, 0.29) is 6.10 Å². The van der Waals surface area contributed by atoms with Crippen LogP contribution < -0.4 is 10.6 Å². The fourth-order valence-electron chi connectivity index (χ4n) is 1.37. The van der Waals surface area contributed by atoms with Gasteiger partial charge >= 0.3 is 0 Å². The third-order valence-electron chi connectivity index (χ3n) is 2.08. The second kappa shape index (κ2) is 4.98. The van der Waals surface area contributed by atoms with Crippen LogP contribution in [-0.2, 0) is 4.74 Å². The van der Waals surface area contributed by atoms with Gasteiger partial charge in [-0.25, -0.2) is 0 Å². The third-order valence-corrected chi connectivity index (χ3v) is 3.27. The number of hydrogen-bond donors (Lipinski definition) is 2. The molecule has 1 unspecified atom stereocenters. The second-order valence-electron chi connectivity index (χ2n) is 3.18. The van der Waals surface area contributed by atoms with Crippen molar-refractivity contribution in [2.75, 3.05) is 31.6 Å². The summed E-state index contributed by atoms with van der Waals surface area (Å²) in [5.74, 6) is 0. The van der Waals surface area contributed by atoms with Gasteiger partial charge in [0.1, 0.15) is 0 Å². The molecular weight excluding hydrogens is 220 g/mol. The molecule has 0 aromatic carbocycles. The molecule has 1 aromatic heterocycles.